The zero-order chi connectivity index (χ0) is 17.5. The van der Waals surface area contributed by atoms with E-state index in [1.165, 1.54) is 13.0 Å². The Morgan fingerprint density at radius 3 is 2.54 bits per heavy atom. The molecule has 120 valence electrons. The van der Waals surface area contributed by atoms with Crippen LogP contribution < -0.4 is 4.74 Å². The normalized spacial score (nSPS) is 11.7. The van der Waals surface area contributed by atoms with Crippen molar-refractivity contribution in [1.82, 2.24) is 0 Å². The van der Waals surface area contributed by atoms with Gasteiger partial charge in [0.1, 0.15) is 5.75 Å². The quantitative estimate of drug-likeness (QED) is 0.651. The molecule has 24 heavy (non-hydrogen) atoms. The first kappa shape index (κ1) is 17.0. The number of nitrogens with zero attached hydrogens (tertiary/aromatic N) is 1. The molecule has 2 aromatic carbocycles. The van der Waals surface area contributed by atoms with Crippen LogP contribution in [0.15, 0.2) is 54.6 Å². The first-order valence-electron chi connectivity index (χ1n) is 7.21. The van der Waals surface area contributed by atoms with Crippen LogP contribution in [-0.4, -0.2) is 23.0 Å². The summed E-state index contributed by atoms with van der Waals surface area (Å²) in [5.74, 6) is -0.825. The fraction of sp³-hybridized carbons (Fsp3) is 0.105. The molecule has 0 aliphatic carbocycles. The van der Waals surface area contributed by atoms with Crippen LogP contribution >= 0.6 is 0 Å². The fourth-order valence-electron chi connectivity index (χ4n) is 1.92. The van der Waals surface area contributed by atoms with Gasteiger partial charge < -0.3 is 9.84 Å². The van der Waals surface area contributed by atoms with Crippen LogP contribution in [0.2, 0.25) is 0 Å². The van der Waals surface area contributed by atoms with Gasteiger partial charge >= 0.3 is 5.97 Å². The second kappa shape index (κ2) is 7.75. The lowest BCUT2D eigenvalue weighted by atomic mass is 10.1. The number of ether oxygens (including phenoxy) is 1. The molecule has 1 N–H and O–H groups in total. The lowest BCUT2D eigenvalue weighted by Crippen LogP contribution is -2.22. The Kier molecular flexibility index (Phi) is 5.48. The van der Waals surface area contributed by atoms with Gasteiger partial charge in [-0.3, -0.25) is 4.79 Å². The van der Waals surface area contributed by atoms with Gasteiger partial charge in [-0.05, 0) is 55.0 Å². The SMILES string of the molecule is CC(Oc1cccc(/C=C\C(=O)c2ccc(C#N)cc2)c1)C(=O)O. The van der Waals surface area contributed by atoms with E-state index in [0.717, 1.165) is 0 Å². The molecule has 5 nitrogen and oxygen atoms in total. The number of hydrogen-bond donors (Lipinski definition) is 1. The molecule has 0 radical (unpaired) electrons. The van der Waals surface area contributed by atoms with Crippen molar-refractivity contribution in [2.75, 3.05) is 0 Å². The van der Waals surface area contributed by atoms with Crippen LogP contribution in [0.3, 0.4) is 0 Å². The number of rotatable bonds is 6. The summed E-state index contributed by atoms with van der Waals surface area (Å²) in [6.45, 7) is 1.44. The minimum Gasteiger partial charge on any atom is -0.479 e. The Hall–Kier alpha value is -3.39. The maximum atomic E-state index is 12.1. The number of aliphatic carboxylic acids is 1. The van der Waals surface area contributed by atoms with Gasteiger partial charge in [0.05, 0.1) is 11.6 Å². The van der Waals surface area contributed by atoms with Crippen LogP contribution in [-0.2, 0) is 4.79 Å². The molecule has 1 unspecified atom stereocenters. The van der Waals surface area contributed by atoms with E-state index in [-0.39, 0.29) is 5.78 Å². The molecule has 0 aromatic heterocycles. The molecule has 0 aliphatic heterocycles. The van der Waals surface area contributed by atoms with Gasteiger partial charge in [-0.2, -0.15) is 5.26 Å². The van der Waals surface area contributed by atoms with Gasteiger partial charge in [-0.1, -0.05) is 18.2 Å². The Morgan fingerprint density at radius 1 is 1.21 bits per heavy atom. The number of carboxylic acid groups (broad SMARTS) is 1. The summed E-state index contributed by atoms with van der Waals surface area (Å²) in [5.41, 5.74) is 1.69. The zero-order valence-corrected chi connectivity index (χ0v) is 13.0. The molecular formula is C19H15NO4. The highest BCUT2D eigenvalue weighted by atomic mass is 16.5. The molecule has 0 bridgehead atoms. The number of benzene rings is 2. The van der Waals surface area contributed by atoms with Crippen molar-refractivity contribution < 1.29 is 19.4 Å². The predicted octanol–water partition coefficient (Wildman–Crippen LogP) is 3.31. The Bertz CT molecular complexity index is 816. The van der Waals surface area contributed by atoms with E-state index in [2.05, 4.69) is 0 Å². The van der Waals surface area contributed by atoms with Crippen molar-refractivity contribution in [3.8, 4) is 11.8 Å². The average Bonchev–Trinajstić information content (AvgIpc) is 2.60. The lowest BCUT2D eigenvalue weighted by molar-refractivity contribution is -0.144. The average molecular weight is 321 g/mol. The Balaban J connectivity index is 2.09. The number of nitriles is 1. The van der Waals surface area contributed by atoms with E-state index >= 15 is 0 Å². The van der Waals surface area contributed by atoms with Crippen LogP contribution in [0.25, 0.3) is 6.08 Å². The van der Waals surface area contributed by atoms with Gasteiger partial charge in [0.2, 0.25) is 0 Å². The first-order valence-corrected chi connectivity index (χ1v) is 7.21. The van der Waals surface area contributed by atoms with Gasteiger partial charge in [0, 0.05) is 5.56 Å². The maximum Gasteiger partial charge on any atom is 0.344 e. The number of carboxylic acids is 1. The lowest BCUT2D eigenvalue weighted by Gasteiger charge is -2.10. The number of allylic oxidation sites excluding steroid dienone is 1. The molecule has 2 aromatic rings. The second-order valence-electron chi connectivity index (χ2n) is 5.06. The first-order chi connectivity index (χ1) is 11.5. The van der Waals surface area contributed by atoms with E-state index in [4.69, 9.17) is 15.1 Å². The van der Waals surface area contributed by atoms with Crippen LogP contribution in [0.5, 0.6) is 5.75 Å². The van der Waals surface area contributed by atoms with Gasteiger partial charge in [-0.15, -0.1) is 0 Å². The van der Waals surface area contributed by atoms with E-state index in [0.29, 0.717) is 22.4 Å². The van der Waals surface area contributed by atoms with Crippen molar-refractivity contribution in [2.45, 2.75) is 13.0 Å². The summed E-state index contributed by atoms with van der Waals surface area (Å²) in [7, 11) is 0. The Morgan fingerprint density at radius 2 is 1.92 bits per heavy atom. The minimum absolute atomic E-state index is 0.190. The van der Waals surface area contributed by atoms with Crippen LogP contribution in [0.1, 0.15) is 28.4 Å². The molecule has 0 amide bonds. The highest BCUT2D eigenvalue weighted by Gasteiger charge is 2.12. The van der Waals surface area contributed by atoms with Crippen molar-refractivity contribution in [2.24, 2.45) is 0 Å². The third-order valence-corrected chi connectivity index (χ3v) is 3.24. The number of carbonyl (C=O) groups is 2. The minimum atomic E-state index is -1.05. The fourth-order valence-corrected chi connectivity index (χ4v) is 1.92. The number of carbonyl (C=O) groups excluding carboxylic acids is 1. The third-order valence-electron chi connectivity index (χ3n) is 3.24. The summed E-state index contributed by atoms with van der Waals surface area (Å²) < 4.78 is 5.28. The molecule has 0 spiro atoms. The summed E-state index contributed by atoms with van der Waals surface area (Å²) >= 11 is 0. The van der Waals surface area contributed by atoms with Crippen LogP contribution in [0, 0.1) is 11.3 Å². The van der Waals surface area contributed by atoms with E-state index in [9.17, 15) is 9.59 Å². The second-order valence-corrected chi connectivity index (χ2v) is 5.06. The summed E-state index contributed by atoms with van der Waals surface area (Å²) in [6.07, 6.45) is 2.09. The largest absolute Gasteiger partial charge is 0.479 e. The molecule has 0 fully saturated rings. The van der Waals surface area contributed by atoms with Crippen molar-refractivity contribution in [3.05, 3.63) is 71.3 Å². The van der Waals surface area contributed by atoms with Crippen molar-refractivity contribution >= 4 is 17.8 Å². The molecule has 1 atom stereocenters. The van der Waals surface area contributed by atoms with E-state index < -0.39 is 12.1 Å². The summed E-state index contributed by atoms with van der Waals surface area (Å²) in [5, 5.41) is 17.6. The topological polar surface area (TPSA) is 87.4 Å². The standard InChI is InChI=1S/C19H15NO4/c1-13(19(22)23)24-17-4-2-3-14(11-17)7-10-18(21)16-8-5-15(12-20)6-9-16/h2-11,13H,1H3,(H,22,23)/b10-7-. The molecule has 0 heterocycles. The highest BCUT2D eigenvalue weighted by Crippen LogP contribution is 2.16. The van der Waals surface area contributed by atoms with Crippen molar-refractivity contribution in [3.63, 3.8) is 0 Å². The third kappa shape index (κ3) is 4.55. The van der Waals surface area contributed by atoms with Crippen molar-refractivity contribution in [1.29, 1.82) is 5.26 Å². The molecule has 0 aliphatic rings. The molecule has 0 saturated carbocycles. The maximum absolute atomic E-state index is 12.1. The molecule has 0 saturated heterocycles. The zero-order valence-electron chi connectivity index (χ0n) is 13.0. The van der Waals surface area contributed by atoms with Gasteiger partial charge in [0.25, 0.3) is 0 Å². The van der Waals surface area contributed by atoms with Crippen LogP contribution in [0.4, 0.5) is 0 Å². The highest BCUT2D eigenvalue weighted by molar-refractivity contribution is 6.06. The Labute approximate surface area is 139 Å². The molecule has 2 rings (SSSR count). The smallest absolute Gasteiger partial charge is 0.344 e. The molecule has 5 heteroatoms. The molecular weight excluding hydrogens is 306 g/mol. The summed E-state index contributed by atoms with van der Waals surface area (Å²) in [4.78, 5) is 22.9. The summed E-state index contributed by atoms with van der Waals surface area (Å²) in [6, 6.07) is 15.2. The van der Waals surface area contributed by atoms with E-state index in [1.54, 1.807) is 54.6 Å². The van der Waals surface area contributed by atoms with Gasteiger partial charge in [-0.25, -0.2) is 4.79 Å². The monoisotopic (exact) mass is 321 g/mol. The van der Waals surface area contributed by atoms with E-state index in [1.807, 2.05) is 6.07 Å². The number of hydrogen-bond acceptors (Lipinski definition) is 4. The van der Waals surface area contributed by atoms with Gasteiger partial charge in [0.15, 0.2) is 11.9 Å². The predicted molar refractivity (Wildman–Crippen MR) is 88.7 cm³/mol. The number of ketones is 1.